The van der Waals surface area contributed by atoms with Gasteiger partial charge in [-0.3, -0.25) is 9.36 Å². The summed E-state index contributed by atoms with van der Waals surface area (Å²) in [7, 11) is 0. The maximum atomic E-state index is 13.0. The Morgan fingerprint density at radius 2 is 2.00 bits per heavy atom. The van der Waals surface area contributed by atoms with E-state index < -0.39 is 5.69 Å². The molecule has 0 radical (unpaired) electrons. The molecule has 0 atom stereocenters. The van der Waals surface area contributed by atoms with E-state index in [1.54, 1.807) is 12.1 Å². The number of nitrogens with zero attached hydrogens (tertiary/aromatic N) is 3. The van der Waals surface area contributed by atoms with Gasteiger partial charge in [-0.05, 0) is 36.1 Å². The van der Waals surface area contributed by atoms with Crippen molar-refractivity contribution in [1.82, 2.24) is 19.9 Å². The van der Waals surface area contributed by atoms with Gasteiger partial charge in [0, 0.05) is 6.54 Å². The highest BCUT2D eigenvalue weighted by Crippen LogP contribution is 2.31. The fraction of sp³-hybridized carbons (Fsp3) is 0.158. The number of benzene rings is 1. The molecule has 4 rings (SSSR count). The molecule has 0 aliphatic rings. The summed E-state index contributed by atoms with van der Waals surface area (Å²) in [6.07, 6.45) is 0. The summed E-state index contributed by atoms with van der Waals surface area (Å²) in [6, 6.07) is 9.65. The van der Waals surface area contributed by atoms with Crippen LogP contribution in [0.4, 0.5) is 4.39 Å². The van der Waals surface area contributed by atoms with Crippen molar-refractivity contribution in [3.63, 3.8) is 0 Å². The van der Waals surface area contributed by atoms with E-state index in [0.717, 1.165) is 15.4 Å². The Kier molecular flexibility index (Phi) is 5.01. The number of thiophene rings is 1. The highest BCUT2D eigenvalue weighted by molar-refractivity contribution is 7.18. The number of carbonyl (C=O) groups excluding carboxylic acids is 1. The van der Waals surface area contributed by atoms with Gasteiger partial charge in [-0.2, -0.15) is 4.98 Å². The van der Waals surface area contributed by atoms with E-state index in [1.165, 1.54) is 39.4 Å². The van der Waals surface area contributed by atoms with E-state index in [9.17, 15) is 14.0 Å². The monoisotopic (exact) mass is 414 g/mol. The van der Waals surface area contributed by atoms with Gasteiger partial charge in [-0.25, -0.2) is 14.2 Å². The van der Waals surface area contributed by atoms with Gasteiger partial charge in [0.15, 0.2) is 0 Å². The van der Waals surface area contributed by atoms with Crippen LogP contribution in [-0.4, -0.2) is 20.4 Å². The standard InChI is InChI=1S/C19H15FN4O2S2/c1-11-22-17-16(14-3-2-8-27-14)23-19(26)24(18(17)28-11)10-15(25)21-9-12-4-6-13(20)7-5-12/h2-8H,9-10H2,1H3,(H,21,25). The van der Waals surface area contributed by atoms with Gasteiger partial charge in [-0.1, -0.05) is 18.2 Å². The van der Waals surface area contributed by atoms with Crippen molar-refractivity contribution >= 4 is 38.9 Å². The molecule has 1 amide bonds. The molecule has 4 aromatic rings. The fourth-order valence-corrected chi connectivity index (χ4v) is 4.40. The Balaban J connectivity index is 1.61. The van der Waals surface area contributed by atoms with Crippen LogP contribution >= 0.6 is 22.7 Å². The molecule has 1 N–H and O–H groups in total. The predicted octanol–water partition coefficient (Wildman–Crippen LogP) is 3.35. The number of hydrogen-bond acceptors (Lipinski definition) is 6. The zero-order chi connectivity index (χ0) is 19.7. The number of aryl methyl sites for hydroxylation is 1. The predicted molar refractivity (Wildman–Crippen MR) is 108 cm³/mol. The summed E-state index contributed by atoms with van der Waals surface area (Å²) >= 11 is 2.84. The van der Waals surface area contributed by atoms with E-state index in [0.29, 0.717) is 16.0 Å². The molecule has 0 spiro atoms. The van der Waals surface area contributed by atoms with E-state index >= 15 is 0 Å². The molecule has 3 heterocycles. The zero-order valence-electron chi connectivity index (χ0n) is 14.8. The number of rotatable bonds is 5. The number of amides is 1. The molecule has 0 saturated carbocycles. The van der Waals surface area contributed by atoms with Gasteiger partial charge in [0.25, 0.3) is 0 Å². The van der Waals surface area contributed by atoms with Crippen LogP contribution in [0, 0.1) is 12.7 Å². The Morgan fingerprint density at radius 3 is 2.71 bits per heavy atom. The highest BCUT2D eigenvalue weighted by Gasteiger charge is 2.18. The van der Waals surface area contributed by atoms with Crippen molar-refractivity contribution in [3.8, 4) is 10.6 Å². The lowest BCUT2D eigenvalue weighted by Gasteiger charge is -2.09. The number of hydrogen-bond donors (Lipinski definition) is 1. The van der Waals surface area contributed by atoms with Crippen LogP contribution in [0.25, 0.3) is 20.9 Å². The third-order valence-electron chi connectivity index (χ3n) is 4.08. The first kappa shape index (κ1) is 18.5. The average molecular weight is 414 g/mol. The van der Waals surface area contributed by atoms with Crippen LogP contribution in [0.2, 0.25) is 0 Å². The topological polar surface area (TPSA) is 76.9 Å². The quantitative estimate of drug-likeness (QED) is 0.543. The normalized spacial score (nSPS) is 11.1. The maximum Gasteiger partial charge on any atom is 0.349 e. The maximum absolute atomic E-state index is 13.0. The summed E-state index contributed by atoms with van der Waals surface area (Å²) in [5.41, 5.74) is 1.45. The van der Waals surface area contributed by atoms with Crippen molar-refractivity contribution in [2.75, 3.05) is 0 Å². The van der Waals surface area contributed by atoms with Crippen LogP contribution < -0.4 is 11.0 Å². The first-order chi connectivity index (χ1) is 13.5. The van der Waals surface area contributed by atoms with Crippen molar-refractivity contribution in [2.45, 2.75) is 20.0 Å². The van der Waals surface area contributed by atoms with E-state index in [-0.39, 0.29) is 24.8 Å². The van der Waals surface area contributed by atoms with Crippen LogP contribution in [0.1, 0.15) is 10.6 Å². The van der Waals surface area contributed by atoms with Gasteiger partial charge in [0.2, 0.25) is 5.91 Å². The van der Waals surface area contributed by atoms with Gasteiger partial charge < -0.3 is 5.32 Å². The molecule has 0 fully saturated rings. The minimum absolute atomic E-state index is 0.157. The molecule has 1 aromatic carbocycles. The summed E-state index contributed by atoms with van der Waals surface area (Å²) in [5, 5.41) is 5.45. The number of nitrogens with one attached hydrogen (secondary N) is 1. The summed E-state index contributed by atoms with van der Waals surface area (Å²) in [6.45, 7) is 1.95. The zero-order valence-corrected chi connectivity index (χ0v) is 16.4. The fourth-order valence-electron chi connectivity index (χ4n) is 2.78. The van der Waals surface area contributed by atoms with Crippen LogP contribution in [0.3, 0.4) is 0 Å². The summed E-state index contributed by atoms with van der Waals surface area (Å²) < 4.78 is 14.3. The summed E-state index contributed by atoms with van der Waals surface area (Å²) in [4.78, 5) is 35.2. The lowest BCUT2D eigenvalue weighted by molar-refractivity contribution is -0.121. The minimum Gasteiger partial charge on any atom is -0.350 e. The molecular formula is C19H15FN4O2S2. The molecule has 0 unspecified atom stereocenters. The first-order valence-corrected chi connectivity index (χ1v) is 10.1. The molecule has 6 nitrogen and oxygen atoms in total. The second-order valence-corrected chi connectivity index (χ2v) is 8.23. The number of aromatic nitrogens is 3. The molecule has 142 valence electrons. The SMILES string of the molecule is Cc1nc2c(-c3cccs3)nc(=O)n(CC(=O)NCc3ccc(F)cc3)c2s1. The van der Waals surface area contributed by atoms with Crippen molar-refractivity contribution in [1.29, 1.82) is 0 Å². The lowest BCUT2D eigenvalue weighted by Crippen LogP contribution is -2.33. The molecule has 0 aliphatic carbocycles. The van der Waals surface area contributed by atoms with E-state index in [1.807, 2.05) is 24.4 Å². The van der Waals surface area contributed by atoms with Crippen LogP contribution in [0.5, 0.6) is 0 Å². The first-order valence-electron chi connectivity index (χ1n) is 8.44. The molecule has 28 heavy (non-hydrogen) atoms. The van der Waals surface area contributed by atoms with Gasteiger partial charge in [0.05, 0.1) is 9.88 Å². The number of fused-ring (bicyclic) bond motifs is 1. The Bertz CT molecular complexity index is 1200. The number of carbonyl (C=O) groups is 1. The molecule has 9 heteroatoms. The van der Waals surface area contributed by atoms with E-state index in [4.69, 9.17) is 0 Å². The molecule has 3 aromatic heterocycles. The second kappa shape index (κ2) is 7.61. The third-order valence-corrected chi connectivity index (χ3v) is 5.95. The van der Waals surface area contributed by atoms with Crippen LogP contribution in [-0.2, 0) is 17.9 Å². The summed E-state index contributed by atoms with van der Waals surface area (Å²) in [5.74, 6) is -0.661. The Labute approximate surface area is 167 Å². The lowest BCUT2D eigenvalue weighted by atomic mass is 10.2. The minimum atomic E-state index is -0.489. The average Bonchev–Trinajstić information content (AvgIpc) is 3.33. The largest absolute Gasteiger partial charge is 0.350 e. The van der Waals surface area contributed by atoms with E-state index in [2.05, 4.69) is 15.3 Å². The Morgan fingerprint density at radius 1 is 1.21 bits per heavy atom. The third kappa shape index (κ3) is 3.71. The van der Waals surface area contributed by atoms with Crippen molar-refractivity contribution in [3.05, 3.63) is 68.7 Å². The van der Waals surface area contributed by atoms with Crippen molar-refractivity contribution < 1.29 is 9.18 Å². The number of halogens is 1. The molecule has 0 aliphatic heterocycles. The number of thiazole rings is 1. The van der Waals surface area contributed by atoms with Gasteiger partial charge >= 0.3 is 5.69 Å². The highest BCUT2D eigenvalue weighted by atomic mass is 32.1. The second-order valence-electron chi connectivity index (χ2n) is 6.10. The van der Waals surface area contributed by atoms with Gasteiger partial charge in [-0.15, -0.1) is 22.7 Å². The van der Waals surface area contributed by atoms with Crippen LogP contribution in [0.15, 0.2) is 46.6 Å². The van der Waals surface area contributed by atoms with Gasteiger partial charge in [0.1, 0.15) is 28.4 Å². The smallest absolute Gasteiger partial charge is 0.349 e. The van der Waals surface area contributed by atoms with Crippen molar-refractivity contribution in [2.24, 2.45) is 0 Å². The Hall–Kier alpha value is -2.91. The molecule has 0 bridgehead atoms. The molecule has 0 saturated heterocycles. The molecular weight excluding hydrogens is 399 g/mol.